The van der Waals surface area contributed by atoms with Gasteiger partial charge >= 0.3 is 0 Å². The molecule has 0 atom stereocenters. The minimum absolute atomic E-state index is 0.106. The van der Waals surface area contributed by atoms with E-state index in [0.29, 0.717) is 17.7 Å². The molecule has 2 N–H and O–H groups in total. The molecule has 0 unspecified atom stereocenters. The van der Waals surface area contributed by atoms with Gasteiger partial charge in [0.15, 0.2) is 0 Å². The number of aromatic nitrogens is 1. The molecule has 2 amide bonds. The quantitative estimate of drug-likeness (QED) is 0.549. The zero-order valence-electron chi connectivity index (χ0n) is 14.3. The molecular weight excluding hydrogens is 328 g/mol. The molecular formula is C20H18N4O2. The highest BCUT2D eigenvalue weighted by molar-refractivity contribution is 6.00. The van der Waals surface area contributed by atoms with Crippen LogP contribution in [-0.2, 0) is 4.79 Å². The maximum Gasteiger partial charge on any atom is 0.271 e. The summed E-state index contributed by atoms with van der Waals surface area (Å²) in [5.74, 6) is -0.461. The Morgan fingerprint density at radius 2 is 1.96 bits per heavy atom. The molecule has 0 aliphatic heterocycles. The zero-order chi connectivity index (χ0) is 18.4. The molecule has 0 fully saturated rings. The summed E-state index contributed by atoms with van der Waals surface area (Å²) < 4.78 is 0. The summed E-state index contributed by atoms with van der Waals surface area (Å²) in [5, 5.41) is 7.72. The topological polar surface area (TPSA) is 83.5 Å². The van der Waals surface area contributed by atoms with Crippen LogP contribution in [0.4, 0.5) is 5.69 Å². The van der Waals surface area contributed by atoms with Crippen molar-refractivity contribution in [3.05, 3.63) is 71.9 Å². The van der Waals surface area contributed by atoms with E-state index >= 15 is 0 Å². The van der Waals surface area contributed by atoms with Gasteiger partial charge in [-0.2, -0.15) is 5.10 Å². The van der Waals surface area contributed by atoms with Gasteiger partial charge in [-0.15, -0.1) is 0 Å². The van der Waals surface area contributed by atoms with Gasteiger partial charge in [-0.3, -0.25) is 14.6 Å². The lowest BCUT2D eigenvalue weighted by molar-refractivity contribution is -0.115. The van der Waals surface area contributed by atoms with E-state index in [2.05, 4.69) is 20.8 Å². The highest BCUT2D eigenvalue weighted by Crippen LogP contribution is 2.14. The minimum atomic E-state index is -0.354. The normalized spacial score (nSPS) is 10.8. The zero-order valence-corrected chi connectivity index (χ0v) is 14.3. The van der Waals surface area contributed by atoms with Gasteiger partial charge in [-0.1, -0.05) is 31.2 Å². The fourth-order valence-corrected chi connectivity index (χ4v) is 2.44. The van der Waals surface area contributed by atoms with E-state index in [1.807, 2.05) is 30.3 Å². The Labute approximate surface area is 151 Å². The molecule has 3 aromatic rings. The Kier molecular flexibility index (Phi) is 5.34. The number of carbonyl (C=O) groups is 2. The predicted molar refractivity (Wildman–Crippen MR) is 102 cm³/mol. The molecule has 0 bridgehead atoms. The number of hydrazone groups is 1. The van der Waals surface area contributed by atoms with Crippen LogP contribution in [0.2, 0.25) is 0 Å². The van der Waals surface area contributed by atoms with Gasteiger partial charge in [-0.25, -0.2) is 5.43 Å². The number of amides is 2. The molecule has 26 heavy (non-hydrogen) atoms. The maximum atomic E-state index is 12.3. The first-order valence-electron chi connectivity index (χ1n) is 8.24. The highest BCUT2D eigenvalue weighted by Gasteiger charge is 2.06. The van der Waals surface area contributed by atoms with Crippen molar-refractivity contribution in [1.29, 1.82) is 0 Å². The van der Waals surface area contributed by atoms with Crippen molar-refractivity contribution in [1.82, 2.24) is 10.4 Å². The van der Waals surface area contributed by atoms with Crippen LogP contribution in [-0.4, -0.2) is 23.0 Å². The second kappa shape index (κ2) is 8.02. The first-order chi connectivity index (χ1) is 12.7. The summed E-state index contributed by atoms with van der Waals surface area (Å²) in [6.07, 6.45) is 3.66. The van der Waals surface area contributed by atoms with Crippen molar-refractivity contribution in [2.75, 3.05) is 5.32 Å². The maximum absolute atomic E-state index is 12.3. The van der Waals surface area contributed by atoms with Crippen molar-refractivity contribution in [3.63, 3.8) is 0 Å². The minimum Gasteiger partial charge on any atom is -0.326 e. The molecule has 6 nitrogen and oxygen atoms in total. The molecule has 0 aliphatic carbocycles. The SMILES string of the molecule is CCC(=O)Nc1cccc(C(=O)NN=Cc2ccnc3ccccc23)c1. The van der Waals surface area contributed by atoms with Crippen LogP contribution < -0.4 is 10.7 Å². The lowest BCUT2D eigenvalue weighted by Crippen LogP contribution is -2.18. The molecule has 130 valence electrons. The molecule has 0 radical (unpaired) electrons. The fraction of sp³-hybridized carbons (Fsp3) is 0.100. The molecule has 0 spiro atoms. The van der Waals surface area contributed by atoms with E-state index in [0.717, 1.165) is 16.5 Å². The van der Waals surface area contributed by atoms with Crippen LogP contribution in [0.1, 0.15) is 29.3 Å². The molecule has 0 saturated heterocycles. The fourth-order valence-electron chi connectivity index (χ4n) is 2.44. The summed E-state index contributed by atoms with van der Waals surface area (Å²) >= 11 is 0. The largest absolute Gasteiger partial charge is 0.326 e. The lowest BCUT2D eigenvalue weighted by Gasteiger charge is -2.06. The molecule has 2 aromatic carbocycles. The summed E-state index contributed by atoms with van der Waals surface area (Å²) in [6.45, 7) is 1.77. The van der Waals surface area contributed by atoms with E-state index in [9.17, 15) is 9.59 Å². The van der Waals surface area contributed by atoms with Gasteiger partial charge in [0, 0.05) is 34.8 Å². The third-order valence-corrected chi connectivity index (χ3v) is 3.78. The van der Waals surface area contributed by atoms with Crippen molar-refractivity contribution in [3.8, 4) is 0 Å². The Morgan fingerprint density at radius 3 is 2.81 bits per heavy atom. The first-order valence-corrected chi connectivity index (χ1v) is 8.24. The van der Waals surface area contributed by atoms with Gasteiger partial charge in [0.05, 0.1) is 11.7 Å². The van der Waals surface area contributed by atoms with Crippen molar-refractivity contribution < 1.29 is 9.59 Å². The van der Waals surface area contributed by atoms with Crippen LogP contribution in [0, 0.1) is 0 Å². The van der Waals surface area contributed by atoms with Crippen LogP contribution in [0.15, 0.2) is 65.9 Å². The Balaban J connectivity index is 1.71. The van der Waals surface area contributed by atoms with E-state index in [1.165, 1.54) is 0 Å². The summed E-state index contributed by atoms with van der Waals surface area (Å²) in [6, 6.07) is 16.3. The second-order valence-electron chi connectivity index (χ2n) is 5.60. The highest BCUT2D eigenvalue weighted by atomic mass is 16.2. The number of nitrogens with one attached hydrogen (secondary N) is 2. The number of nitrogens with zero attached hydrogens (tertiary/aromatic N) is 2. The van der Waals surface area contributed by atoms with E-state index in [-0.39, 0.29) is 11.8 Å². The first kappa shape index (κ1) is 17.3. The summed E-state index contributed by atoms with van der Waals surface area (Å²) in [7, 11) is 0. The molecule has 0 saturated carbocycles. The summed E-state index contributed by atoms with van der Waals surface area (Å²) in [5.41, 5.74) is 5.22. The third kappa shape index (κ3) is 4.10. The standard InChI is InChI=1S/C20H18N4O2/c1-2-19(25)23-16-7-5-6-14(12-16)20(26)24-22-13-15-10-11-21-18-9-4-3-8-17(15)18/h3-13H,2H2,1H3,(H,23,25)(H,24,26). The average molecular weight is 346 g/mol. The number of hydrogen-bond acceptors (Lipinski definition) is 4. The van der Waals surface area contributed by atoms with E-state index in [1.54, 1.807) is 43.6 Å². The van der Waals surface area contributed by atoms with Crippen LogP contribution in [0.25, 0.3) is 10.9 Å². The number of pyridine rings is 1. The third-order valence-electron chi connectivity index (χ3n) is 3.78. The molecule has 3 rings (SSSR count). The van der Waals surface area contributed by atoms with Crippen molar-refractivity contribution in [2.24, 2.45) is 5.10 Å². The van der Waals surface area contributed by atoms with Crippen LogP contribution in [0.5, 0.6) is 0 Å². The van der Waals surface area contributed by atoms with Crippen LogP contribution in [0.3, 0.4) is 0 Å². The van der Waals surface area contributed by atoms with Gasteiger partial charge in [0.2, 0.25) is 5.91 Å². The monoisotopic (exact) mass is 346 g/mol. The summed E-state index contributed by atoms with van der Waals surface area (Å²) in [4.78, 5) is 28.0. The number of anilines is 1. The Hall–Kier alpha value is -3.54. The number of rotatable bonds is 5. The van der Waals surface area contributed by atoms with Gasteiger partial charge in [0.1, 0.15) is 0 Å². The Morgan fingerprint density at radius 1 is 1.12 bits per heavy atom. The second-order valence-corrected chi connectivity index (χ2v) is 5.60. The van der Waals surface area contributed by atoms with Crippen LogP contribution >= 0.6 is 0 Å². The van der Waals surface area contributed by atoms with Gasteiger partial charge in [-0.05, 0) is 30.3 Å². The van der Waals surface area contributed by atoms with Crippen molar-refractivity contribution >= 4 is 34.6 Å². The number of benzene rings is 2. The Bertz CT molecular complexity index is 977. The molecule has 1 heterocycles. The lowest BCUT2D eigenvalue weighted by atomic mass is 10.1. The van der Waals surface area contributed by atoms with Crippen molar-refractivity contribution in [2.45, 2.75) is 13.3 Å². The van der Waals surface area contributed by atoms with Gasteiger partial charge < -0.3 is 5.32 Å². The molecule has 1 aromatic heterocycles. The smallest absolute Gasteiger partial charge is 0.271 e. The van der Waals surface area contributed by atoms with E-state index < -0.39 is 0 Å². The number of para-hydroxylation sites is 1. The van der Waals surface area contributed by atoms with Gasteiger partial charge in [0.25, 0.3) is 5.91 Å². The molecule has 6 heteroatoms. The number of hydrogen-bond donors (Lipinski definition) is 2. The van der Waals surface area contributed by atoms with E-state index in [4.69, 9.17) is 0 Å². The number of fused-ring (bicyclic) bond motifs is 1. The average Bonchev–Trinajstić information content (AvgIpc) is 2.68. The number of carbonyl (C=O) groups excluding carboxylic acids is 2. The molecule has 0 aliphatic rings. The predicted octanol–water partition coefficient (Wildman–Crippen LogP) is 3.35.